The van der Waals surface area contributed by atoms with Crippen molar-refractivity contribution in [1.29, 1.82) is 0 Å². The molecule has 0 aliphatic carbocycles. The van der Waals surface area contributed by atoms with E-state index in [0.29, 0.717) is 14.8 Å². The second-order valence-electron chi connectivity index (χ2n) is 4.02. The zero-order valence-corrected chi connectivity index (χ0v) is 12.3. The van der Waals surface area contributed by atoms with E-state index in [1.165, 1.54) is 30.3 Å². The number of hydrogen-bond donors (Lipinski definition) is 2. The van der Waals surface area contributed by atoms with Crippen LogP contribution in [0.2, 0.25) is 0 Å². The van der Waals surface area contributed by atoms with Crippen LogP contribution in [-0.4, -0.2) is 11.8 Å². The maximum absolute atomic E-state index is 13.0. The maximum atomic E-state index is 13.0. The molecule has 2 aromatic rings. The highest BCUT2D eigenvalue weighted by Gasteiger charge is 2.10. The first kappa shape index (κ1) is 14.4. The van der Waals surface area contributed by atoms with Gasteiger partial charge >= 0.3 is 0 Å². The summed E-state index contributed by atoms with van der Waals surface area (Å²) < 4.78 is 13.6. The highest BCUT2D eigenvalue weighted by atomic mass is 127. The Morgan fingerprint density at radius 2 is 1.80 bits per heavy atom. The third kappa shape index (κ3) is 3.32. The molecular formula is C14H10FIN2O2. The molecule has 2 amide bonds. The van der Waals surface area contributed by atoms with Gasteiger partial charge in [0.05, 0.1) is 5.69 Å². The lowest BCUT2D eigenvalue weighted by molar-refractivity contribution is 0.1000. The van der Waals surface area contributed by atoms with E-state index in [1.807, 2.05) is 22.6 Å². The molecule has 6 heteroatoms. The van der Waals surface area contributed by atoms with E-state index >= 15 is 0 Å². The second kappa shape index (κ2) is 6.00. The molecule has 2 rings (SSSR count). The quantitative estimate of drug-likeness (QED) is 0.799. The van der Waals surface area contributed by atoms with Gasteiger partial charge in [0.25, 0.3) is 5.91 Å². The van der Waals surface area contributed by atoms with E-state index in [1.54, 1.807) is 12.1 Å². The Labute approximate surface area is 128 Å². The molecule has 4 nitrogen and oxygen atoms in total. The first-order chi connectivity index (χ1) is 9.47. The Bertz CT molecular complexity index is 689. The van der Waals surface area contributed by atoms with Crippen LogP contribution in [0.3, 0.4) is 0 Å². The van der Waals surface area contributed by atoms with Gasteiger partial charge in [0.15, 0.2) is 0 Å². The van der Waals surface area contributed by atoms with E-state index in [0.717, 1.165) is 0 Å². The average Bonchev–Trinajstić information content (AvgIpc) is 2.42. The first-order valence-electron chi connectivity index (χ1n) is 5.63. The van der Waals surface area contributed by atoms with Crippen LogP contribution in [0, 0.1) is 9.39 Å². The van der Waals surface area contributed by atoms with E-state index in [-0.39, 0.29) is 11.4 Å². The van der Waals surface area contributed by atoms with Crippen molar-refractivity contribution >= 4 is 40.1 Å². The van der Waals surface area contributed by atoms with Crippen molar-refractivity contribution in [3.8, 4) is 0 Å². The molecule has 0 aromatic heterocycles. The minimum absolute atomic E-state index is 0.256. The molecule has 0 heterocycles. The van der Waals surface area contributed by atoms with Crippen molar-refractivity contribution in [2.45, 2.75) is 0 Å². The Morgan fingerprint density at radius 1 is 1.10 bits per heavy atom. The SMILES string of the molecule is NC(=O)c1cccc(C(=O)Nc2ccc(F)cc2I)c1. The minimum atomic E-state index is -0.601. The van der Waals surface area contributed by atoms with Crippen molar-refractivity contribution < 1.29 is 14.0 Å². The van der Waals surface area contributed by atoms with Crippen molar-refractivity contribution in [2.24, 2.45) is 5.73 Å². The van der Waals surface area contributed by atoms with Gasteiger partial charge in [-0.15, -0.1) is 0 Å². The number of amides is 2. The molecule has 0 radical (unpaired) electrons. The summed E-state index contributed by atoms with van der Waals surface area (Å²) in [5.41, 5.74) is 6.23. The van der Waals surface area contributed by atoms with Crippen molar-refractivity contribution in [2.75, 3.05) is 5.32 Å². The fraction of sp³-hybridized carbons (Fsp3) is 0. The van der Waals surface area contributed by atoms with E-state index in [4.69, 9.17) is 5.73 Å². The van der Waals surface area contributed by atoms with Crippen LogP contribution < -0.4 is 11.1 Å². The normalized spacial score (nSPS) is 10.1. The number of primary amides is 1. The fourth-order valence-corrected chi connectivity index (χ4v) is 2.21. The Hall–Kier alpha value is -1.96. The summed E-state index contributed by atoms with van der Waals surface area (Å²) in [7, 11) is 0. The number of rotatable bonds is 3. The molecule has 0 aliphatic rings. The summed E-state index contributed by atoms with van der Waals surface area (Å²) in [4.78, 5) is 23.1. The summed E-state index contributed by atoms with van der Waals surface area (Å²) in [6.45, 7) is 0. The van der Waals surface area contributed by atoms with Gasteiger partial charge in [-0.25, -0.2) is 4.39 Å². The Morgan fingerprint density at radius 3 is 2.45 bits per heavy atom. The van der Waals surface area contributed by atoms with Gasteiger partial charge in [0.1, 0.15) is 5.82 Å². The van der Waals surface area contributed by atoms with Gasteiger partial charge in [-0.05, 0) is 59.0 Å². The molecule has 0 aliphatic heterocycles. The van der Waals surface area contributed by atoms with E-state index < -0.39 is 11.8 Å². The lowest BCUT2D eigenvalue weighted by Gasteiger charge is -2.08. The number of nitrogens with one attached hydrogen (secondary N) is 1. The molecule has 0 bridgehead atoms. The van der Waals surface area contributed by atoms with Crippen molar-refractivity contribution in [3.63, 3.8) is 0 Å². The monoisotopic (exact) mass is 384 g/mol. The minimum Gasteiger partial charge on any atom is -0.366 e. The number of nitrogens with two attached hydrogens (primary N) is 1. The highest BCUT2D eigenvalue weighted by molar-refractivity contribution is 14.1. The zero-order chi connectivity index (χ0) is 14.7. The van der Waals surface area contributed by atoms with Crippen LogP contribution in [0.5, 0.6) is 0 Å². The van der Waals surface area contributed by atoms with Gasteiger partial charge in [-0.2, -0.15) is 0 Å². The van der Waals surface area contributed by atoms with Crippen molar-refractivity contribution in [3.05, 3.63) is 63.0 Å². The van der Waals surface area contributed by atoms with E-state index in [2.05, 4.69) is 5.32 Å². The van der Waals surface area contributed by atoms with Gasteiger partial charge in [-0.1, -0.05) is 6.07 Å². The smallest absolute Gasteiger partial charge is 0.255 e. The molecular weight excluding hydrogens is 374 g/mol. The van der Waals surface area contributed by atoms with Crippen LogP contribution in [0.1, 0.15) is 20.7 Å². The third-order valence-electron chi connectivity index (χ3n) is 2.59. The molecule has 102 valence electrons. The summed E-state index contributed by atoms with van der Waals surface area (Å²) in [5, 5.41) is 2.65. The lowest BCUT2D eigenvalue weighted by atomic mass is 10.1. The molecule has 0 saturated carbocycles. The van der Waals surface area contributed by atoms with Crippen LogP contribution in [-0.2, 0) is 0 Å². The molecule has 3 N–H and O–H groups in total. The Balaban J connectivity index is 2.24. The number of carbonyl (C=O) groups excluding carboxylic acids is 2. The average molecular weight is 384 g/mol. The summed E-state index contributed by atoms with van der Waals surface area (Å²) in [6.07, 6.45) is 0. The summed E-state index contributed by atoms with van der Waals surface area (Å²) in [5.74, 6) is -1.36. The molecule has 0 saturated heterocycles. The van der Waals surface area contributed by atoms with Gasteiger partial charge in [0.2, 0.25) is 5.91 Å². The molecule has 0 spiro atoms. The molecule has 0 fully saturated rings. The predicted octanol–water partition coefficient (Wildman–Crippen LogP) is 2.78. The fourth-order valence-electron chi connectivity index (χ4n) is 1.60. The second-order valence-corrected chi connectivity index (χ2v) is 5.19. The molecule has 0 atom stereocenters. The first-order valence-corrected chi connectivity index (χ1v) is 6.71. The molecule has 0 unspecified atom stereocenters. The standard InChI is InChI=1S/C14H10FIN2O2/c15-10-4-5-12(11(16)7-10)18-14(20)9-3-1-2-8(6-9)13(17)19/h1-7H,(H2,17,19)(H,18,20). The van der Waals surface area contributed by atoms with Crippen LogP contribution in [0.15, 0.2) is 42.5 Å². The number of hydrogen-bond acceptors (Lipinski definition) is 2. The Kier molecular flexibility index (Phi) is 4.33. The number of anilines is 1. The van der Waals surface area contributed by atoms with Crippen LogP contribution in [0.25, 0.3) is 0 Å². The third-order valence-corrected chi connectivity index (χ3v) is 3.48. The topological polar surface area (TPSA) is 72.2 Å². The van der Waals surface area contributed by atoms with Crippen molar-refractivity contribution in [1.82, 2.24) is 0 Å². The van der Waals surface area contributed by atoms with Crippen LogP contribution in [0.4, 0.5) is 10.1 Å². The lowest BCUT2D eigenvalue weighted by Crippen LogP contribution is -2.15. The molecule has 20 heavy (non-hydrogen) atoms. The zero-order valence-electron chi connectivity index (χ0n) is 10.2. The maximum Gasteiger partial charge on any atom is 0.255 e. The van der Waals surface area contributed by atoms with Gasteiger partial charge in [0, 0.05) is 14.7 Å². The summed E-state index contributed by atoms with van der Waals surface area (Å²) in [6, 6.07) is 10.1. The number of benzene rings is 2. The van der Waals surface area contributed by atoms with E-state index in [9.17, 15) is 14.0 Å². The summed E-state index contributed by atoms with van der Waals surface area (Å²) >= 11 is 1.93. The van der Waals surface area contributed by atoms with Gasteiger partial charge in [-0.3, -0.25) is 9.59 Å². The van der Waals surface area contributed by atoms with Crippen LogP contribution >= 0.6 is 22.6 Å². The van der Waals surface area contributed by atoms with Gasteiger partial charge < -0.3 is 11.1 Å². The molecule has 2 aromatic carbocycles. The number of carbonyl (C=O) groups is 2. The largest absolute Gasteiger partial charge is 0.366 e. The number of halogens is 2. The highest BCUT2D eigenvalue weighted by Crippen LogP contribution is 2.20. The predicted molar refractivity (Wildman–Crippen MR) is 82.0 cm³/mol.